The number of carbonyl (C=O) groups excluding carboxylic acids is 1. The van der Waals surface area contributed by atoms with Crippen molar-refractivity contribution in [1.29, 1.82) is 0 Å². The average Bonchev–Trinajstić information content (AvgIpc) is 2.94. The lowest BCUT2D eigenvalue weighted by atomic mass is 9.94. The second-order valence-electron chi connectivity index (χ2n) is 6.53. The lowest BCUT2D eigenvalue weighted by Gasteiger charge is -2.29. The highest BCUT2D eigenvalue weighted by Crippen LogP contribution is 2.16. The monoisotopic (exact) mass is 301 g/mol. The van der Waals surface area contributed by atoms with Crippen molar-refractivity contribution < 1.29 is 9.90 Å². The molecule has 6 heteroatoms. The molecule has 20 heavy (non-hydrogen) atoms. The Bertz CT molecular complexity index is 332. The van der Waals surface area contributed by atoms with Gasteiger partial charge in [0.05, 0.1) is 6.04 Å². The Labute approximate surface area is 125 Å². The standard InChI is InChI=1S/C14H27N3O2S/c1-14(2,10-18)9-16-11-7-12(15-8-11)13(19)17-3-5-20-6-4-17/h11-12,15-16,18H,3-10H2,1-2H3/t11-,12-/m0/s1. The van der Waals surface area contributed by atoms with Crippen LogP contribution in [0.1, 0.15) is 20.3 Å². The third kappa shape index (κ3) is 4.35. The van der Waals surface area contributed by atoms with E-state index in [9.17, 15) is 9.90 Å². The van der Waals surface area contributed by atoms with Crippen molar-refractivity contribution >= 4 is 17.7 Å². The fourth-order valence-electron chi connectivity index (χ4n) is 2.56. The number of thioether (sulfide) groups is 1. The molecule has 0 saturated carbocycles. The van der Waals surface area contributed by atoms with Crippen LogP contribution >= 0.6 is 11.8 Å². The number of aliphatic hydroxyl groups excluding tert-OH is 1. The van der Waals surface area contributed by atoms with Gasteiger partial charge in [0.15, 0.2) is 0 Å². The number of aliphatic hydroxyl groups is 1. The summed E-state index contributed by atoms with van der Waals surface area (Å²) in [7, 11) is 0. The van der Waals surface area contributed by atoms with E-state index in [4.69, 9.17) is 0 Å². The van der Waals surface area contributed by atoms with Gasteiger partial charge in [-0.25, -0.2) is 0 Å². The predicted octanol–water partition coefficient (Wildman–Crippen LogP) is -0.0996. The van der Waals surface area contributed by atoms with Crippen LogP contribution in [0.4, 0.5) is 0 Å². The van der Waals surface area contributed by atoms with E-state index in [1.54, 1.807) is 0 Å². The number of nitrogens with zero attached hydrogens (tertiary/aromatic N) is 1. The van der Waals surface area contributed by atoms with Gasteiger partial charge in [-0.3, -0.25) is 4.79 Å². The molecule has 1 amide bonds. The molecule has 2 heterocycles. The Kier molecular flexibility index (Phi) is 5.72. The van der Waals surface area contributed by atoms with Gasteiger partial charge < -0.3 is 20.6 Å². The molecule has 116 valence electrons. The van der Waals surface area contributed by atoms with Crippen LogP contribution in [0.25, 0.3) is 0 Å². The van der Waals surface area contributed by atoms with Gasteiger partial charge in [0.25, 0.3) is 0 Å². The van der Waals surface area contributed by atoms with E-state index >= 15 is 0 Å². The first-order chi connectivity index (χ1) is 9.52. The van der Waals surface area contributed by atoms with Crippen LogP contribution in [0, 0.1) is 5.41 Å². The van der Waals surface area contributed by atoms with Crippen molar-refractivity contribution in [2.75, 3.05) is 44.3 Å². The zero-order chi connectivity index (χ0) is 14.6. The van der Waals surface area contributed by atoms with Crippen LogP contribution in [0.2, 0.25) is 0 Å². The quantitative estimate of drug-likeness (QED) is 0.662. The van der Waals surface area contributed by atoms with Crippen LogP contribution in [0.15, 0.2) is 0 Å². The second-order valence-corrected chi connectivity index (χ2v) is 7.76. The minimum Gasteiger partial charge on any atom is -0.396 e. The van der Waals surface area contributed by atoms with Crippen LogP contribution in [-0.2, 0) is 4.79 Å². The first kappa shape index (κ1) is 16.1. The van der Waals surface area contributed by atoms with Gasteiger partial charge in [-0.2, -0.15) is 11.8 Å². The summed E-state index contributed by atoms with van der Waals surface area (Å²) >= 11 is 1.92. The lowest BCUT2D eigenvalue weighted by Crippen LogP contribution is -2.47. The average molecular weight is 301 g/mol. The van der Waals surface area contributed by atoms with Gasteiger partial charge >= 0.3 is 0 Å². The van der Waals surface area contributed by atoms with Gasteiger partial charge in [0.2, 0.25) is 5.91 Å². The van der Waals surface area contributed by atoms with Crippen molar-refractivity contribution in [2.24, 2.45) is 5.41 Å². The normalized spacial score (nSPS) is 27.9. The van der Waals surface area contributed by atoms with E-state index in [-0.39, 0.29) is 24.0 Å². The minimum absolute atomic E-state index is 0.0344. The number of carbonyl (C=O) groups is 1. The van der Waals surface area contributed by atoms with Gasteiger partial charge in [-0.1, -0.05) is 13.8 Å². The van der Waals surface area contributed by atoms with E-state index in [2.05, 4.69) is 10.6 Å². The summed E-state index contributed by atoms with van der Waals surface area (Å²) in [5, 5.41) is 16.1. The van der Waals surface area contributed by atoms with Crippen molar-refractivity contribution in [3.8, 4) is 0 Å². The molecule has 5 nitrogen and oxygen atoms in total. The van der Waals surface area contributed by atoms with Crippen molar-refractivity contribution in [3.05, 3.63) is 0 Å². The molecule has 2 fully saturated rings. The third-order valence-electron chi connectivity index (χ3n) is 4.05. The molecular formula is C14H27N3O2S. The highest BCUT2D eigenvalue weighted by atomic mass is 32.2. The molecule has 2 aliphatic rings. The lowest BCUT2D eigenvalue weighted by molar-refractivity contribution is -0.132. The van der Waals surface area contributed by atoms with Gasteiger partial charge in [0, 0.05) is 55.7 Å². The van der Waals surface area contributed by atoms with E-state index < -0.39 is 0 Å². The molecule has 2 atom stereocenters. The smallest absolute Gasteiger partial charge is 0.239 e. The van der Waals surface area contributed by atoms with Crippen LogP contribution in [-0.4, -0.2) is 72.3 Å². The van der Waals surface area contributed by atoms with Gasteiger partial charge in [-0.05, 0) is 6.42 Å². The Balaban J connectivity index is 1.75. The molecule has 0 unspecified atom stereocenters. The summed E-state index contributed by atoms with van der Waals surface area (Å²) in [4.78, 5) is 14.4. The Hall–Kier alpha value is -0.300. The van der Waals surface area contributed by atoms with Crippen molar-refractivity contribution in [1.82, 2.24) is 15.5 Å². The predicted molar refractivity (Wildman–Crippen MR) is 83.0 cm³/mol. The first-order valence-electron chi connectivity index (χ1n) is 7.46. The number of hydrogen-bond donors (Lipinski definition) is 3. The minimum atomic E-state index is -0.105. The maximum atomic E-state index is 12.4. The molecule has 2 aliphatic heterocycles. The molecule has 0 spiro atoms. The zero-order valence-electron chi connectivity index (χ0n) is 12.5. The van der Waals surface area contributed by atoms with Crippen LogP contribution < -0.4 is 10.6 Å². The number of nitrogens with one attached hydrogen (secondary N) is 2. The van der Waals surface area contributed by atoms with E-state index in [0.29, 0.717) is 6.04 Å². The highest BCUT2D eigenvalue weighted by molar-refractivity contribution is 7.99. The summed E-state index contributed by atoms with van der Waals surface area (Å²) in [5.74, 6) is 2.38. The van der Waals surface area contributed by atoms with Crippen molar-refractivity contribution in [2.45, 2.75) is 32.4 Å². The van der Waals surface area contributed by atoms with Crippen molar-refractivity contribution in [3.63, 3.8) is 0 Å². The maximum absolute atomic E-state index is 12.4. The molecule has 0 aliphatic carbocycles. The molecule has 2 saturated heterocycles. The summed E-state index contributed by atoms with van der Waals surface area (Å²) in [5.41, 5.74) is -0.105. The SMILES string of the molecule is CC(C)(CO)CN[C@@H]1CN[C@H](C(=O)N2CCSCC2)C1. The number of rotatable bonds is 5. The van der Waals surface area contributed by atoms with Crippen LogP contribution in [0.3, 0.4) is 0 Å². The Morgan fingerprint density at radius 2 is 2.15 bits per heavy atom. The molecule has 0 bridgehead atoms. The molecule has 0 aromatic heterocycles. The zero-order valence-corrected chi connectivity index (χ0v) is 13.3. The second kappa shape index (κ2) is 7.11. The summed E-state index contributed by atoms with van der Waals surface area (Å²) in [6, 6.07) is 0.293. The first-order valence-corrected chi connectivity index (χ1v) is 8.61. The molecule has 0 aromatic carbocycles. The topological polar surface area (TPSA) is 64.6 Å². The molecule has 0 radical (unpaired) electrons. The maximum Gasteiger partial charge on any atom is 0.239 e. The number of amides is 1. The summed E-state index contributed by atoms with van der Waals surface area (Å²) in [6.45, 7) is 7.63. The highest BCUT2D eigenvalue weighted by Gasteiger charge is 2.33. The van der Waals surface area contributed by atoms with E-state index in [1.807, 2.05) is 30.5 Å². The Morgan fingerprint density at radius 3 is 2.80 bits per heavy atom. The molecular weight excluding hydrogens is 274 g/mol. The van der Waals surface area contributed by atoms with Gasteiger partial charge in [-0.15, -0.1) is 0 Å². The molecule has 2 rings (SSSR count). The third-order valence-corrected chi connectivity index (χ3v) is 4.99. The Morgan fingerprint density at radius 1 is 1.45 bits per heavy atom. The van der Waals surface area contributed by atoms with Gasteiger partial charge in [0.1, 0.15) is 0 Å². The largest absolute Gasteiger partial charge is 0.396 e. The van der Waals surface area contributed by atoms with E-state index in [0.717, 1.165) is 44.1 Å². The fraction of sp³-hybridized carbons (Fsp3) is 0.929. The number of hydrogen-bond acceptors (Lipinski definition) is 5. The van der Waals surface area contributed by atoms with Crippen LogP contribution in [0.5, 0.6) is 0 Å². The molecule has 3 N–H and O–H groups in total. The summed E-state index contributed by atoms with van der Waals surface area (Å²) in [6.07, 6.45) is 0.851. The fourth-order valence-corrected chi connectivity index (χ4v) is 3.46. The molecule has 0 aromatic rings. The van der Waals surface area contributed by atoms with E-state index in [1.165, 1.54) is 0 Å². The summed E-state index contributed by atoms with van der Waals surface area (Å²) < 4.78 is 0.